The van der Waals surface area contributed by atoms with Crippen LogP contribution in [-0.2, 0) is 18.2 Å². The third-order valence-electron chi connectivity index (χ3n) is 4.40. The lowest BCUT2D eigenvalue weighted by molar-refractivity contribution is -0.0662. The molecule has 1 N–H and O–H groups in total. The normalized spacial score (nSPS) is 20.8. The molecule has 102 valence electrons. The average molecular weight is 251 g/mol. The minimum Gasteiger partial charge on any atom is -0.377 e. The zero-order chi connectivity index (χ0) is 13.0. The number of imidazole rings is 1. The zero-order valence-corrected chi connectivity index (χ0v) is 11.8. The lowest BCUT2D eigenvalue weighted by Gasteiger charge is -2.42. The molecule has 1 aromatic rings. The smallest absolute Gasteiger partial charge is 0.110 e. The lowest BCUT2D eigenvalue weighted by Crippen LogP contribution is -2.53. The summed E-state index contributed by atoms with van der Waals surface area (Å²) in [7, 11) is 5.94. The summed E-state index contributed by atoms with van der Waals surface area (Å²) < 4.78 is 8.01. The van der Waals surface area contributed by atoms with E-state index in [1.807, 2.05) is 26.6 Å². The molecule has 0 radical (unpaired) electrons. The number of aromatic nitrogens is 2. The Morgan fingerprint density at radius 2 is 2.17 bits per heavy atom. The highest BCUT2D eigenvalue weighted by Gasteiger charge is 2.39. The van der Waals surface area contributed by atoms with E-state index in [9.17, 15) is 0 Å². The molecular formula is C14H25N3O. The zero-order valence-electron chi connectivity index (χ0n) is 11.8. The highest BCUT2D eigenvalue weighted by atomic mass is 16.5. The van der Waals surface area contributed by atoms with Crippen LogP contribution in [0, 0.1) is 0 Å². The van der Waals surface area contributed by atoms with E-state index in [0.29, 0.717) is 6.04 Å². The van der Waals surface area contributed by atoms with Crippen molar-refractivity contribution in [1.29, 1.82) is 0 Å². The minimum atomic E-state index is -0.0149. The van der Waals surface area contributed by atoms with Gasteiger partial charge in [-0.3, -0.25) is 0 Å². The number of hydrogen-bond acceptors (Lipinski definition) is 3. The van der Waals surface area contributed by atoms with Crippen LogP contribution in [0.1, 0.15) is 37.9 Å². The van der Waals surface area contributed by atoms with E-state index in [1.54, 1.807) is 0 Å². The highest BCUT2D eigenvalue weighted by molar-refractivity contribution is 5.02. The van der Waals surface area contributed by atoms with Crippen molar-refractivity contribution < 1.29 is 4.74 Å². The summed E-state index contributed by atoms with van der Waals surface area (Å²) in [5, 5.41) is 3.45. The van der Waals surface area contributed by atoms with Crippen molar-refractivity contribution in [2.24, 2.45) is 7.05 Å². The first kappa shape index (κ1) is 13.6. The van der Waals surface area contributed by atoms with Gasteiger partial charge in [-0.1, -0.05) is 19.3 Å². The molecule has 1 aromatic heterocycles. The second-order valence-corrected chi connectivity index (χ2v) is 5.33. The van der Waals surface area contributed by atoms with Crippen molar-refractivity contribution in [1.82, 2.24) is 14.9 Å². The van der Waals surface area contributed by atoms with Crippen molar-refractivity contribution in [3.63, 3.8) is 0 Å². The maximum atomic E-state index is 5.92. The van der Waals surface area contributed by atoms with E-state index >= 15 is 0 Å². The molecule has 1 unspecified atom stereocenters. The predicted molar refractivity (Wildman–Crippen MR) is 72.6 cm³/mol. The summed E-state index contributed by atoms with van der Waals surface area (Å²) in [5.41, 5.74) is -0.0149. The SMILES string of the molecule is CNC(Cc1nccn1C)C1(OC)CCCCC1. The number of hydrogen-bond donors (Lipinski definition) is 1. The van der Waals surface area contributed by atoms with E-state index in [2.05, 4.69) is 21.9 Å². The Kier molecular flexibility index (Phi) is 4.40. The molecule has 2 rings (SSSR count). The standard InChI is InChI=1S/C14H25N3O/c1-15-12(11-13-16-9-10-17(13)2)14(18-3)7-5-4-6-8-14/h9-10,12,15H,4-8,11H2,1-3H3. The van der Waals surface area contributed by atoms with Gasteiger partial charge in [0.25, 0.3) is 0 Å². The lowest BCUT2D eigenvalue weighted by atomic mass is 9.78. The van der Waals surface area contributed by atoms with Crippen LogP contribution in [0.2, 0.25) is 0 Å². The van der Waals surface area contributed by atoms with Gasteiger partial charge in [-0.25, -0.2) is 4.98 Å². The molecule has 1 aliphatic carbocycles. The van der Waals surface area contributed by atoms with E-state index in [1.165, 1.54) is 19.3 Å². The number of ether oxygens (including phenoxy) is 1. The van der Waals surface area contributed by atoms with Crippen molar-refractivity contribution >= 4 is 0 Å². The molecule has 0 aromatic carbocycles. The maximum absolute atomic E-state index is 5.92. The molecule has 0 spiro atoms. The molecule has 18 heavy (non-hydrogen) atoms. The molecule has 0 saturated heterocycles. The molecule has 4 nitrogen and oxygen atoms in total. The van der Waals surface area contributed by atoms with Gasteiger partial charge < -0.3 is 14.6 Å². The molecule has 1 saturated carbocycles. The fourth-order valence-corrected chi connectivity index (χ4v) is 3.17. The highest BCUT2D eigenvalue weighted by Crippen LogP contribution is 2.35. The molecule has 0 amide bonds. The van der Waals surface area contributed by atoms with Gasteiger partial charge in [-0.2, -0.15) is 0 Å². The Morgan fingerprint density at radius 3 is 2.67 bits per heavy atom. The van der Waals surface area contributed by atoms with Gasteiger partial charge in [0.1, 0.15) is 5.82 Å². The molecule has 1 atom stereocenters. The van der Waals surface area contributed by atoms with Crippen molar-refractivity contribution in [2.75, 3.05) is 14.2 Å². The number of likely N-dealkylation sites (N-methyl/N-ethyl adjacent to an activating group) is 1. The molecule has 1 aliphatic rings. The van der Waals surface area contributed by atoms with Gasteiger partial charge in [0.05, 0.1) is 5.60 Å². The Labute approximate surface area is 110 Å². The number of methoxy groups -OCH3 is 1. The van der Waals surface area contributed by atoms with E-state index in [0.717, 1.165) is 25.1 Å². The average Bonchev–Trinajstić information content (AvgIpc) is 2.82. The Bertz CT molecular complexity index is 369. The van der Waals surface area contributed by atoms with Gasteiger partial charge >= 0.3 is 0 Å². The van der Waals surface area contributed by atoms with Gasteiger partial charge in [-0.05, 0) is 19.9 Å². The summed E-state index contributed by atoms with van der Waals surface area (Å²) in [6.45, 7) is 0. The fraction of sp³-hybridized carbons (Fsp3) is 0.786. The number of nitrogens with zero attached hydrogens (tertiary/aromatic N) is 2. The van der Waals surface area contributed by atoms with Crippen LogP contribution < -0.4 is 5.32 Å². The molecule has 0 bridgehead atoms. The monoisotopic (exact) mass is 251 g/mol. The molecule has 0 aliphatic heterocycles. The van der Waals surface area contributed by atoms with Crippen LogP contribution in [-0.4, -0.2) is 35.4 Å². The van der Waals surface area contributed by atoms with Gasteiger partial charge in [-0.15, -0.1) is 0 Å². The van der Waals surface area contributed by atoms with Crippen molar-refractivity contribution in [3.8, 4) is 0 Å². The largest absolute Gasteiger partial charge is 0.377 e. The van der Waals surface area contributed by atoms with Crippen LogP contribution in [0.25, 0.3) is 0 Å². The number of aryl methyl sites for hydroxylation is 1. The molecule has 1 fully saturated rings. The van der Waals surface area contributed by atoms with E-state index in [-0.39, 0.29) is 5.60 Å². The molecular weight excluding hydrogens is 226 g/mol. The number of nitrogens with one attached hydrogen (secondary N) is 1. The predicted octanol–water partition coefficient (Wildman–Crippen LogP) is 1.90. The van der Waals surface area contributed by atoms with Gasteiger partial charge in [0.15, 0.2) is 0 Å². The van der Waals surface area contributed by atoms with E-state index < -0.39 is 0 Å². The summed E-state index contributed by atoms with van der Waals surface area (Å²) in [4.78, 5) is 4.43. The van der Waals surface area contributed by atoms with Crippen molar-refractivity contribution in [2.45, 2.75) is 50.2 Å². The first-order valence-electron chi connectivity index (χ1n) is 6.90. The third kappa shape index (κ3) is 2.59. The second-order valence-electron chi connectivity index (χ2n) is 5.33. The minimum absolute atomic E-state index is 0.0149. The summed E-state index contributed by atoms with van der Waals surface area (Å²) in [5.74, 6) is 1.12. The van der Waals surface area contributed by atoms with Gasteiger partial charge in [0.2, 0.25) is 0 Å². The quantitative estimate of drug-likeness (QED) is 0.868. The van der Waals surface area contributed by atoms with Crippen molar-refractivity contribution in [3.05, 3.63) is 18.2 Å². The number of rotatable bonds is 5. The first-order chi connectivity index (χ1) is 8.72. The van der Waals surface area contributed by atoms with E-state index in [4.69, 9.17) is 4.74 Å². The topological polar surface area (TPSA) is 39.1 Å². The van der Waals surface area contributed by atoms with Crippen LogP contribution in [0.5, 0.6) is 0 Å². The third-order valence-corrected chi connectivity index (χ3v) is 4.40. The summed E-state index contributed by atoms with van der Waals surface area (Å²) in [6, 6.07) is 0.337. The second kappa shape index (κ2) is 5.85. The van der Waals surface area contributed by atoms with Crippen LogP contribution in [0.15, 0.2) is 12.4 Å². The molecule has 1 heterocycles. The fourth-order valence-electron chi connectivity index (χ4n) is 3.17. The molecule has 4 heteroatoms. The maximum Gasteiger partial charge on any atom is 0.110 e. The summed E-state index contributed by atoms with van der Waals surface area (Å²) >= 11 is 0. The van der Waals surface area contributed by atoms with Crippen LogP contribution in [0.3, 0.4) is 0 Å². The first-order valence-corrected chi connectivity index (χ1v) is 6.90. The summed E-state index contributed by atoms with van der Waals surface area (Å²) in [6.07, 6.45) is 11.0. The van der Waals surface area contributed by atoms with Crippen LogP contribution in [0.4, 0.5) is 0 Å². The van der Waals surface area contributed by atoms with Crippen LogP contribution >= 0.6 is 0 Å². The Hall–Kier alpha value is -0.870. The van der Waals surface area contributed by atoms with Gasteiger partial charge in [0, 0.05) is 39.0 Å². The Balaban J connectivity index is 2.13. The Morgan fingerprint density at radius 1 is 1.44 bits per heavy atom.